The summed E-state index contributed by atoms with van der Waals surface area (Å²) in [6.45, 7) is 0.452. The maximum atomic E-state index is 15.1. The van der Waals surface area contributed by atoms with Crippen molar-refractivity contribution in [2.75, 3.05) is 72.0 Å². The van der Waals surface area contributed by atoms with Gasteiger partial charge in [-0.1, -0.05) is 22.4 Å². The van der Waals surface area contributed by atoms with Crippen LogP contribution in [0.1, 0.15) is 154 Å². The molecular weight excluding hydrogens is 1810 g/mol. The average molecular weight is 1940 g/mol. The van der Waals surface area contributed by atoms with Crippen LogP contribution in [0, 0.1) is 48.7 Å². The molecule has 1 saturated heterocycles. The second kappa shape index (κ2) is 59.5. The molecular formula is C76H134BrN41O13S. The van der Waals surface area contributed by atoms with Crippen LogP contribution in [0.3, 0.4) is 0 Å². The van der Waals surface area contributed by atoms with Gasteiger partial charge < -0.3 is 168 Å². The standard InChI is InChI=1S/C76H134BrN41O13S/c77-39-23-24-52-41(35-39)55-56(132-52)67(131)117-53(116-55)38-118-37-40(119)36-51(118)66(130)97-25-3-1-2-22-54(120)107-43(14-5-27-99-69(81)82)58(122)109-45(16-7-29-101-71(85)86)60(124)111-47(18-9-31-103-73(89)90)62(126)113-49(20-11-33-105-75(93)94)64(128)115-50(21-12-34-106-76(95)96)65(129)114-48(19-10-32-104-74(91)92)63(127)112-46(17-8-30-102-72(87)88)61(125)110-44(15-6-28-100-70(83)84)59(123)108-42(57(78)121)13-4-26-98-68(79)80/h23-24,35,40,42-51,119H,1-22,25-34,36-38H2,(H2,78,121)(H,97,130)(H,107,120)(H,108,123)(H,109,122)(H,110,125)(H,111,124)(H,112,127)(H,113,126)(H,114,129)(H,115,128)(H4,79,80,98)(H4,81,82,99)(H4,83,84,100)(H4,85,86,101)(H4,87,88,102)(H4,89,90,103)(H4,91,92,104)(H4,93,94,105)(H4,95,96,106)(H,116,117,131)/t40-,42+,43+,44+,45+,46+,47+,48+,49+,50+,51+/m0/s1. The van der Waals surface area contributed by atoms with Crippen LogP contribution in [0.5, 0.6) is 0 Å². The number of hydrogen-bond donors (Lipinski definition) is 40. The zero-order chi connectivity index (χ0) is 97.9. The van der Waals surface area contributed by atoms with E-state index in [0.29, 0.717) is 28.9 Å². The predicted octanol–water partition coefficient (Wildman–Crippen LogP) is -9.27. The van der Waals surface area contributed by atoms with E-state index >= 15 is 14.4 Å². The number of nitrogens with one attached hydrogen (secondary N) is 29. The Kier molecular flexibility index (Phi) is 49.9. The van der Waals surface area contributed by atoms with Crippen LogP contribution < -0.4 is 164 Å². The van der Waals surface area contributed by atoms with Crippen LogP contribution in [0.4, 0.5) is 0 Å². The lowest BCUT2D eigenvalue weighted by molar-refractivity contribution is -0.136. The normalized spacial score (nSPS) is 14.8. The number of hydrogen-bond acceptors (Lipinski definition) is 25. The van der Waals surface area contributed by atoms with Crippen LogP contribution in [0.25, 0.3) is 20.3 Å². The molecule has 734 valence electrons. The zero-order valence-corrected chi connectivity index (χ0v) is 76.0. The molecule has 2 aromatic heterocycles. The van der Waals surface area contributed by atoms with Gasteiger partial charge in [-0.2, -0.15) is 0 Å². The third-order valence-electron chi connectivity index (χ3n) is 20.4. The fourth-order valence-corrected chi connectivity index (χ4v) is 15.2. The van der Waals surface area contributed by atoms with Crippen LogP contribution in [0.15, 0.2) is 27.5 Å². The van der Waals surface area contributed by atoms with Crippen LogP contribution in [-0.2, 0) is 59.3 Å². The molecule has 1 fully saturated rings. The Balaban J connectivity index is 1.64. The molecule has 0 saturated carbocycles. The first-order chi connectivity index (χ1) is 62.6. The molecule has 4 rings (SSSR count). The number of aliphatic hydroxyl groups excluding tert-OH is 1. The number of carbonyl (C=O) groups excluding carboxylic acids is 11. The van der Waals surface area contributed by atoms with Crippen molar-refractivity contribution in [2.45, 2.75) is 221 Å². The molecule has 0 radical (unpaired) electrons. The number of primary amides is 1. The van der Waals surface area contributed by atoms with Gasteiger partial charge in [0.05, 0.1) is 24.2 Å². The van der Waals surface area contributed by atoms with Gasteiger partial charge in [0.25, 0.3) is 5.56 Å². The SMILES string of the molecule is N=C(N)NCCC[C@@H](NC(=O)[C@@H](CCCNC(=N)N)NC(=O)[C@@H](CCCNC(=N)N)NC(=O)[C@@H](CCCNC(=N)N)NC(=O)[C@@H](CCCNC(=N)N)NC(=O)[C@@H](CCCNC(=N)N)NC(=O)[C@@H](CCCNC(=N)N)NC(=O)[C@@H](CCCNC(=N)N)NC(=O)[C@@H](CCCNC(=N)N)NC(=O)CCCCCNC(=O)[C@H]1C[C@H](O)CN1Cc1nc2c(sc3ccc(Br)cc32)c(=O)[nH]1)C(N)=O. The molecule has 3 aromatic rings. The van der Waals surface area contributed by atoms with Crippen molar-refractivity contribution >= 4 is 166 Å². The Labute approximate surface area is 773 Å². The third kappa shape index (κ3) is 44.1. The largest absolute Gasteiger partial charge is 0.392 e. The van der Waals surface area contributed by atoms with E-state index in [-0.39, 0.29) is 237 Å². The minimum absolute atomic E-state index is 0.000744. The van der Waals surface area contributed by atoms with Crippen LogP contribution in [-0.4, -0.2) is 277 Å². The van der Waals surface area contributed by atoms with Crippen molar-refractivity contribution in [3.05, 3.63) is 38.9 Å². The van der Waals surface area contributed by atoms with Crippen molar-refractivity contribution in [2.24, 2.45) is 57.3 Å². The van der Waals surface area contributed by atoms with E-state index in [9.17, 15) is 48.3 Å². The second-order valence-electron chi connectivity index (χ2n) is 31.2. The quantitative estimate of drug-likeness (QED) is 0.0142. The maximum Gasteiger partial charge on any atom is 0.268 e. The number of likely N-dealkylation sites (tertiary alicyclic amines) is 1. The molecule has 132 heavy (non-hydrogen) atoms. The van der Waals surface area contributed by atoms with E-state index in [1.54, 1.807) is 4.90 Å². The van der Waals surface area contributed by atoms with Gasteiger partial charge in [-0.05, 0) is 153 Å². The van der Waals surface area contributed by atoms with Gasteiger partial charge in [-0.15, -0.1) is 11.3 Å². The van der Waals surface area contributed by atoms with E-state index in [2.05, 4.69) is 122 Å². The van der Waals surface area contributed by atoms with Crippen LogP contribution in [0.2, 0.25) is 0 Å². The highest BCUT2D eigenvalue weighted by Crippen LogP contribution is 2.33. The van der Waals surface area contributed by atoms with E-state index < -0.39 is 167 Å². The molecule has 3 heterocycles. The third-order valence-corrected chi connectivity index (χ3v) is 22.0. The number of amides is 11. The molecule has 0 unspecified atom stereocenters. The number of guanidine groups is 9. The van der Waals surface area contributed by atoms with E-state index in [1.165, 1.54) is 11.3 Å². The number of aromatic nitrogens is 2. The summed E-state index contributed by atoms with van der Waals surface area (Å²) in [7, 11) is 0. The van der Waals surface area contributed by atoms with Crippen molar-refractivity contribution in [3.8, 4) is 0 Å². The monoisotopic (exact) mass is 1940 g/mol. The number of nitrogens with two attached hydrogens (primary N) is 10. The number of fused-ring (bicyclic) bond motifs is 3. The van der Waals surface area contributed by atoms with E-state index in [1.807, 2.05) is 18.2 Å². The summed E-state index contributed by atoms with van der Waals surface area (Å²) in [5.74, 6) is -13.1. The van der Waals surface area contributed by atoms with Gasteiger partial charge in [0.2, 0.25) is 65.0 Å². The van der Waals surface area contributed by atoms with Gasteiger partial charge in [-0.25, -0.2) is 4.98 Å². The van der Waals surface area contributed by atoms with E-state index in [0.717, 1.165) is 14.6 Å². The Bertz CT molecular complexity index is 4520. The van der Waals surface area contributed by atoms with Crippen molar-refractivity contribution in [3.63, 3.8) is 0 Å². The molecule has 0 aliphatic carbocycles. The van der Waals surface area contributed by atoms with Crippen molar-refractivity contribution < 1.29 is 57.8 Å². The predicted molar refractivity (Wildman–Crippen MR) is 501 cm³/mol. The van der Waals surface area contributed by atoms with Crippen LogP contribution >= 0.6 is 27.3 Å². The molecule has 1 aliphatic heterocycles. The summed E-state index contributed by atoms with van der Waals surface area (Å²) in [6, 6.07) is -8.71. The molecule has 56 heteroatoms. The van der Waals surface area contributed by atoms with Crippen molar-refractivity contribution in [1.82, 2.24) is 116 Å². The summed E-state index contributed by atoms with van der Waals surface area (Å²) in [5, 5.41) is 131. The van der Waals surface area contributed by atoms with E-state index in [4.69, 9.17) is 111 Å². The first-order valence-electron chi connectivity index (χ1n) is 43.1. The Hall–Kier alpha value is -13.7. The summed E-state index contributed by atoms with van der Waals surface area (Å²) in [4.78, 5) is 181. The number of carbonyl (C=O) groups is 11. The number of aliphatic hydroxyl groups is 1. The molecule has 54 nitrogen and oxygen atoms in total. The minimum atomic E-state index is -1.63. The number of β-amino-alcohol motifs (C(OH)–C–C–N with tert-alkyl or cyclic N) is 1. The van der Waals surface area contributed by atoms with Gasteiger partial charge in [0.1, 0.15) is 64.9 Å². The molecule has 1 aromatic carbocycles. The minimum Gasteiger partial charge on any atom is -0.392 e. The molecule has 11 atom stereocenters. The Morgan fingerprint density at radius 3 is 0.977 bits per heavy atom. The number of benzene rings is 1. The molecule has 1 aliphatic rings. The highest BCUT2D eigenvalue weighted by atomic mass is 79.9. The number of thiophene rings is 1. The average Bonchev–Trinajstić information content (AvgIpc) is 1.61. The van der Waals surface area contributed by atoms with Gasteiger partial charge in [-0.3, -0.25) is 111 Å². The van der Waals surface area contributed by atoms with Gasteiger partial charge in [0.15, 0.2) is 53.6 Å². The highest BCUT2D eigenvalue weighted by Gasteiger charge is 2.39. The lowest BCUT2D eigenvalue weighted by Crippen LogP contribution is -2.60. The highest BCUT2D eigenvalue weighted by molar-refractivity contribution is 9.10. The smallest absolute Gasteiger partial charge is 0.268 e. The summed E-state index contributed by atoms with van der Waals surface area (Å²) >= 11 is 4.80. The first-order valence-corrected chi connectivity index (χ1v) is 44.8. The lowest BCUT2D eigenvalue weighted by Gasteiger charge is -2.29. The first kappa shape index (κ1) is 111. The number of halogens is 1. The zero-order valence-electron chi connectivity index (χ0n) is 73.6. The fraction of sp³-hybridized carbons (Fsp3) is 0.605. The molecule has 50 N–H and O–H groups in total. The Morgan fingerprint density at radius 1 is 0.402 bits per heavy atom. The van der Waals surface area contributed by atoms with Crippen molar-refractivity contribution in [1.29, 1.82) is 48.7 Å². The number of nitrogens with zero attached hydrogens (tertiary/aromatic N) is 2. The number of unbranched alkanes of at least 4 members (excludes halogenated alkanes) is 2. The lowest BCUT2D eigenvalue weighted by atomic mass is 10.0. The number of H-pyrrole nitrogens is 1. The summed E-state index contributed by atoms with van der Waals surface area (Å²) in [5.41, 5.74) is 55.9. The number of aromatic amines is 1. The molecule has 0 spiro atoms. The van der Waals surface area contributed by atoms with Gasteiger partial charge in [0, 0.05) is 93.0 Å². The molecule has 11 amide bonds. The second-order valence-corrected chi connectivity index (χ2v) is 33.2. The topological polar surface area (TPSA) is 960 Å². The summed E-state index contributed by atoms with van der Waals surface area (Å²) < 4.78 is 2.14. The van der Waals surface area contributed by atoms with Gasteiger partial charge >= 0.3 is 0 Å². The Morgan fingerprint density at radius 2 is 0.682 bits per heavy atom. The molecule has 0 bridgehead atoms. The maximum absolute atomic E-state index is 15.1. The summed E-state index contributed by atoms with van der Waals surface area (Å²) in [6.07, 6.45) is -0.874. The number of rotatable bonds is 63. The fourth-order valence-electron chi connectivity index (χ4n) is 13.8.